The molecule has 434 valence electrons. The van der Waals surface area contributed by atoms with Crippen molar-refractivity contribution < 1.29 is 0 Å². The molecule has 0 amide bonds. The lowest BCUT2D eigenvalue weighted by molar-refractivity contribution is 1.61. The van der Waals surface area contributed by atoms with E-state index in [9.17, 15) is 0 Å². The van der Waals surface area contributed by atoms with E-state index in [1.54, 1.807) is 0 Å². The average molecular weight is 1190 g/mol. The fraction of sp³-hybridized carbons (Fsp3) is 0. The van der Waals surface area contributed by atoms with Gasteiger partial charge in [0.05, 0.1) is 0 Å². The van der Waals surface area contributed by atoms with Crippen molar-refractivity contribution in [1.82, 2.24) is 0 Å². The molecule has 0 bridgehead atoms. The number of hydrogen-bond acceptors (Lipinski definition) is 0. The molecule has 0 N–H and O–H groups in total. The van der Waals surface area contributed by atoms with Crippen molar-refractivity contribution in [3.8, 4) is 89.0 Å². The Balaban J connectivity index is 0.721. The third-order valence-electron chi connectivity index (χ3n) is 20.1. The number of fused-ring (bicyclic) bond motifs is 10. The first-order valence-electron chi connectivity index (χ1n) is 32.7. The van der Waals surface area contributed by atoms with Crippen molar-refractivity contribution in [1.29, 1.82) is 0 Å². The van der Waals surface area contributed by atoms with Crippen molar-refractivity contribution in [2.24, 2.45) is 0 Å². The van der Waals surface area contributed by atoms with E-state index in [-0.39, 0.29) is 0 Å². The van der Waals surface area contributed by atoms with Crippen LogP contribution in [0.25, 0.3) is 197 Å². The van der Waals surface area contributed by atoms with E-state index < -0.39 is 0 Å². The minimum Gasteiger partial charge on any atom is -0.0616 e. The molecule has 94 heavy (non-hydrogen) atoms. The van der Waals surface area contributed by atoms with E-state index in [0.29, 0.717) is 0 Å². The summed E-state index contributed by atoms with van der Waals surface area (Å²) in [6, 6.07) is 132. The summed E-state index contributed by atoms with van der Waals surface area (Å²) < 4.78 is 0. The Morgan fingerprint density at radius 2 is 0.330 bits per heavy atom. The molecule has 0 radical (unpaired) electrons. The first kappa shape index (κ1) is 53.6. The number of hydrogen-bond donors (Lipinski definition) is 0. The number of benzene rings is 19. The Bertz CT molecular complexity index is 5800. The maximum absolute atomic E-state index is 2.43. The summed E-state index contributed by atoms with van der Waals surface area (Å²) in [5.74, 6) is 0. The van der Waals surface area contributed by atoms with Gasteiger partial charge in [0, 0.05) is 0 Å². The first-order valence-corrected chi connectivity index (χ1v) is 32.7. The number of rotatable bonds is 8. The zero-order valence-corrected chi connectivity index (χ0v) is 51.5. The van der Waals surface area contributed by atoms with Crippen LogP contribution < -0.4 is 0 Å². The summed E-state index contributed by atoms with van der Waals surface area (Å²) in [7, 11) is 0. The van der Waals surface area contributed by atoms with Crippen LogP contribution in [0.4, 0.5) is 0 Å². The van der Waals surface area contributed by atoms with Crippen LogP contribution in [0.2, 0.25) is 0 Å². The Hall–Kier alpha value is -12.2. The predicted octanol–water partition coefficient (Wildman–Crippen LogP) is 26.6. The zero-order chi connectivity index (χ0) is 61.8. The van der Waals surface area contributed by atoms with E-state index in [1.807, 2.05) is 0 Å². The Morgan fingerprint density at radius 1 is 0.106 bits per heavy atom. The highest BCUT2D eigenvalue weighted by molar-refractivity contribution is 6.27. The molecule has 0 heterocycles. The minimum absolute atomic E-state index is 1.18. The Morgan fingerprint density at radius 3 is 0.660 bits per heavy atom. The van der Waals surface area contributed by atoms with Gasteiger partial charge in [-0.1, -0.05) is 315 Å². The first-order chi connectivity index (χ1) is 46.6. The van der Waals surface area contributed by atoms with E-state index >= 15 is 0 Å². The molecule has 0 aliphatic heterocycles. The summed E-state index contributed by atoms with van der Waals surface area (Å²) in [6.07, 6.45) is 0. The molecule has 0 heteroatoms. The molecule has 0 atom stereocenters. The SMILES string of the molecule is c1cc(-c2ccc3cccc(-c4c5ccccc5c(-c5ccc6ccccc6c5)c5ccccc45)c3c2)cc(-c2c3ccccc3c(-c3cccc(-c4ccc5cccc(-c6c7ccccc7c(-c7ccc8ccccc8c7)c7ccccc67)c5c4)c3)c3ccccc23)c1. The highest BCUT2D eigenvalue weighted by atomic mass is 14.3. The third kappa shape index (κ3) is 8.61. The van der Waals surface area contributed by atoms with Crippen LogP contribution in [0.5, 0.6) is 0 Å². The van der Waals surface area contributed by atoms with Gasteiger partial charge in [-0.2, -0.15) is 0 Å². The van der Waals surface area contributed by atoms with Crippen molar-refractivity contribution in [2.45, 2.75) is 0 Å². The van der Waals surface area contributed by atoms with Gasteiger partial charge in [-0.3, -0.25) is 0 Å². The van der Waals surface area contributed by atoms with Gasteiger partial charge in [-0.05, 0) is 233 Å². The molecular formula is C94H58. The summed E-state index contributed by atoms with van der Waals surface area (Å²) in [5, 5.41) is 24.8. The topological polar surface area (TPSA) is 0 Å². The standard InChI is InChI=1S/C94H58/c1-3-23-63-53-71(51-45-59(63)21-1)91-77-35-9-13-39-81(77)93(82-40-14-10-36-78(82)91)85-43-19-25-61-47-49-67(57-87(61)85)65-27-17-29-69(55-65)89-73-31-5-7-33-75(73)90(76-34-8-6-32-74(76)89)70-30-18-28-66(56-70)68-50-48-62-26-20-44-86(88(62)58-68)94-83-41-15-11-37-79(83)92(80-38-12-16-42-84(80)94)72-52-46-60-22-2-4-24-64(60)54-72/h1-58H. The van der Waals surface area contributed by atoms with Crippen molar-refractivity contribution in [3.63, 3.8) is 0 Å². The van der Waals surface area contributed by atoms with Gasteiger partial charge in [-0.25, -0.2) is 0 Å². The Labute approximate surface area is 545 Å². The predicted molar refractivity (Wildman–Crippen MR) is 405 cm³/mol. The quantitative estimate of drug-likeness (QED) is 0.133. The maximum atomic E-state index is 2.43. The maximum Gasteiger partial charge on any atom is -0.00201 e. The van der Waals surface area contributed by atoms with Crippen molar-refractivity contribution in [2.75, 3.05) is 0 Å². The molecule has 19 rings (SSSR count). The van der Waals surface area contributed by atoms with Crippen LogP contribution in [-0.2, 0) is 0 Å². The van der Waals surface area contributed by atoms with E-state index in [4.69, 9.17) is 0 Å². The summed E-state index contributed by atoms with van der Waals surface area (Å²) in [5.41, 5.74) is 19.6. The highest BCUT2D eigenvalue weighted by Crippen LogP contribution is 2.50. The molecule has 0 nitrogen and oxygen atoms in total. The second kappa shape index (κ2) is 21.7. The van der Waals surface area contributed by atoms with E-state index in [2.05, 4.69) is 352 Å². The summed E-state index contributed by atoms with van der Waals surface area (Å²) in [4.78, 5) is 0. The lowest BCUT2D eigenvalue weighted by Gasteiger charge is -2.20. The van der Waals surface area contributed by atoms with Gasteiger partial charge in [-0.15, -0.1) is 0 Å². The second-order valence-electron chi connectivity index (χ2n) is 25.3. The van der Waals surface area contributed by atoms with Gasteiger partial charge in [0.2, 0.25) is 0 Å². The fourth-order valence-electron chi connectivity index (χ4n) is 15.9. The smallest absolute Gasteiger partial charge is 0.00201 e. The van der Waals surface area contributed by atoms with Crippen LogP contribution in [0.1, 0.15) is 0 Å². The van der Waals surface area contributed by atoms with E-state index in [1.165, 1.54) is 197 Å². The van der Waals surface area contributed by atoms with Gasteiger partial charge in [0.1, 0.15) is 0 Å². The summed E-state index contributed by atoms with van der Waals surface area (Å²) in [6.45, 7) is 0. The average Bonchev–Trinajstić information content (AvgIpc) is 0.742. The molecule has 0 fully saturated rings. The van der Waals surface area contributed by atoms with Crippen LogP contribution in [0.15, 0.2) is 352 Å². The monoisotopic (exact) mass is 1190 g/mol. The normalized spacial score (nSPS) is 11.8. The lowest BCUT2D eigenvalue weighted by Crippen LogP contribution is -1.92. The molecule has 0 saturated carbocycles. The second-order valence-corrected chi connectivity index (χ2v) is 25.3. The molecule has 0 saturated heterocycles. The van der Waals surface area contributed by atoms with Crippen LogP contribution in [-0.4, -0.2) is 0 Å². The molecule has 0 unspecified atom stereocenters. The van der Waals surface area contributed by atoms with Gasteiger partial charge >= 0.3 is 0 Å². The Kier molecular flexibility index (Phi) is 12.4. The molecule has 0 spiro atoms. The van der Waals surface area contributed by atoms with Crippen LogP contribution in [0, 0.1) is 0 Å². The fourth-order valence-corrected chi connectivity index (χ4v) is 15.9. The molecule has 0 aromatic heterocycles. The van der Waals surface area contributed by atoms with Gasteiger partial charge in [0.25, 0.3) is 0 Å². The van der Waals surface area contributed by atoms with Crippen molar-refractivity contribution in [3.05, 3.63) is 352 Å². The van der Waals surface area contributed by atoms with E-state index in [0.717, 1.165) is 0 Å². The third-order valence-corrected chi connectivity index (χ3v) is 20.1. The highest BCUT2D eigenvalue weighted by Gasteiger charge is 2.23. The molecule has 0 aliphatic carbocycles. The molecular weight excluding hydrogens is 1130 g/mol. The van der Waals surface area contributed by atoms with Crippen LogP contribution >= 0.6 is 0 Å². The minimum atomic E-state index is 1.18. The molecule has 19 aromatic rings. The molecule has 0 aliphatic rings. The van der Waals surface area contributed by atoms with Crippen LogP contribution in [0.3, 0.4) is 0 Å². The largest absolute Gasteiger partial charge is 0.0616 e. The lowest BCUT2D eigenvalue weighted by atomic mass is 9.83. The molecule has 19 aromatic carbocycles. The van der Waals surface area contributed by atoms with Crippen molar-refractivity contribution >= 4 is 108 Å². The zero-order valence-electron chi connectivity index (χ0n) is 51.5. The van der Waals surface area contributed by atoms with Gasteiger partial charge < -0.3 is 0 Å². The summed E-state index contributed by atoms with van der Waals surface area (Å²) >= 11 is 0. The van der Waals surface area contributed by atoms with Gasteiger partial charge in [0.15, 0.2) is 0 Å².